The van der Waals surface area contributed by atoms with Gasteiger partial charge in [-0.3, -0.25) is 9.48 Å². The first-order valence-electron chi connectivity index (χ1n) is 9.27. The quantitative estimate of drug-likeness (QED) is 0.691. The van der Waals surface area contributed by atoms with Gasteiger partial charge in [-0.05, 0) is 66.5 Å². The van der Waals surface area contributed by atoms with E-state index in [9.17, 15) is 4.79 Å². The van der Waals surface area contributed by atoms with E-state index >= 15 is 0 Å². The zero-order chi connectivity index (χ0) is 18.7. The van der Waals surface area contributed by atoms with Crippen molar-refractivity contribution in [1.29, 1.82) is 0 Å². The van der Waals surface area contributed by atoms with Crippen LogP contribution in [0.2, 0.25) is 0 Å². The molecule has 1 aliphatic rings. The summed E-state index contributed by atoms with van der Waals surface area (Å²) in [5.41, 5.74) is 0.462. The van der Waals surface area contributed by atoms with Crippen LogP contribution in [0, 0.1) is 0 Å². The number of carbonyl (C=O) groups excluding carboxylic acids is 1. The molecular formula is C21H25ClN4O2. The number of halogens is 1. The number of nitrogens with one attached hydrogen (secondary N) is 2. The molecule has 0 atom stereocenters. The van der Waals surface area contributed by atoms with Gasteiger partial charge < -0.3 is 15.4 Å². The second-order valence-electron chi connectivity index (χ2n) is 6.96. The van der Waals surface area contributed by atoms with Crippen LogP contribution in [-0.2, 0) is 16.9 Å². The number of methoxy groups -OCH3 is 1. The fraction of sp³-hybridized carbons (Fsp3) is 0.333. The standard InChI is InChI=1S/C21H24N4O2.ClH/c1-27-19-6-5-17-13-16(3-4-18(17)14-19)15-23-20(26)21(7-10-22-11-8-21)25-12-2-9-24-25;/h2-6,9,12-14,22H,7-8,10-11,15H2,1H3,(H,23,26);1H. The fourth-order valence-corrected chi connectivity index (χ4v) is 3.78. The summed E-state index contributed by atoms with van der Waals surface area (Å²) in [6, 6.07) is 14.1. The highest BCUT2D eigenvalue weighted by Crippen LogP contribution is 2.27. The summed E-state index contributed by atoms with van der Waals surface area (Å²) in [5, 5.41) is 13.1. The first-order valence-corrected chi connectivity index (χ1v) is 9.27. The Morgan fingerprint density at radius 2 is 1.96 bits per heavy atom. The number of piperidine rings is 1. The van der Waals surface area contributed by atoms with Crippen LogP contribution in [0.15, 0.2) is 54.9 Å². The molecule has 0 unspecified atom stereocenters. The Kier molecular flexibility index (Phi) is 6.21. The average Bonchev–Trinajstić information content (AvgIpc) is 3.27. The Labute approximate surface area is 170 Å². The van der Waals surface area contributed by atoms with E-state index < -0.39 is 5.54 Å². The van der Waals surface area contributed by atoms with E-state index in [0.29, 0.717) is 6.54 Å². The van der Waals surface area contributed by atoms with Crippen LogP contribution < -0.4 is 15.4 Å². The Hall–Kier alpha value is -2.57. The molecule has 0 spiro atoms. The van der Waals surface area contributed by atoms with Crippen molar-refractivity contribution in [2.75, 3.05) is 20.2 Å². The van der Waals surface area contributed by atoms with Crippen LogP contribution in [0.5, 0.6) is 5.75 Å². The molecule has 0 radical (unpaired) electrons. The molecule has 4 rings (SSSR count). The van der Waals surface area contributed by atoms with Gasteiger partial charge in [0.15, 0.2) is 0 Å². The van der Waals surface area contributed by atoms with Gasteiger partial charge in [0.25, 0.3) is 0 Å². The van der Waals surface area contributed by atoms with E-state index in [0.717, 1.165) is 48.0 Å². The second kappa shape index (κ2) is 8.63. The average molecular weight is 401 g/mol. The van der Waals surface area contributed by atoms with E-state index in [-0.39, 0.29) is 18.3 Å². The number of nitrogens with zero attached hydrogens (tertiary/aromatic N) is 2. The Bertz CT molecular complexity index is 937. The lowest BCUT2D eigenvalue weighted by molar-refractivity contribution is -0.132. The summed E-state index contributed by atoms with van der Waals surface area (Å²) in [6.07, 6.45) is 5.08. The smallest absolute Gasteiger partial charge is 0.248 e. The van der Waals surface area contributed by atoms with Crippen LogP contribution in [0.1, 0.15) is 18.4 Å². The molecule has 3 aromatic rings. The summed E-state index contributed by atoms with van der Waals surface area (Å²) in [5.74, 6) is 0.873. The maximum atomic E-state index is 13.1. The van der Waals surface area contributed by atoms with E-state index in [1.165, 1.54) is 0 Å². The molecule has 0 aliphatic carbocycles. The Morgan fingerprint density at radius 3 is 2.68 bits per heavy atom. The second-order valence-corrected chi connectivity index (χ2v) is 6.96. The van der Waals surface area contributed by atoms with Crippen molar-refractivity contribution in [3.05, 3.63) is 60.4 Å². The van der Waals surface area contributed by atoms with Gasteiger partial charge in [-0.2, -0.15) is 5.10 Å². The third kappa shape index (κ3) is 3.84. The van der Waals surface area contributed by atoms with Crippen molar-refractivity contribution in [1.82, 2.24) is 20.4 Å². The van der Waals surface area contributed by atoms with Gasteiger partial charge in [-0.25, -0.2) is 0 Å². The van der Waals surface area contributed by atoms with Gasteiger partial charge in [-0.1, -0.05) is 18.2 Å². The van der Waals surface area contributed by atoms with E-state index in [4.69, 9.17) is 4.74 Å². The van der Waals surface area contributed by atoms with Gasteiger partial charge in [0.2, 0.25) is 5.91 Å². The zero-order valence-electron chi connectivity index (χ0n) is 15.9. The van der Waals surface area contributed by atoms with Crippen molar-refractivity contribution < 1.29 is 9.53 Å². The molecule has 1 aliphatic heterocycles. The number of hydrogen-bond donors (Lipinski definition) is 2. The van der Waals surface area contributed by atoms with Crippen molar-refractivity contribution >= 4 is 29.1 Å². The number of rotatable bonds is 5. The third-order valence-electron chi connectivity index (χ3n) is 5.36. The summed E-state index contributed by atoms with van der Waals surface area (Å²) in [6.45, 7) is 2.12. The van der Waals surface area contributed by atoms with E-state index in [2.05, 4.69) is 27.9 Å². The number of ether oxygens (including phenoxy) is 1. The predicted octanol–water partition coefficient (Wildman–Crippen LogP) is 2.86. The largest absolute Gasteiger partial charge is 0.497 e. The highest BCUT2D eigenvalue weighted by molar-refractivity contribution is 5.86. The minimum Gasteiger partial charge on any atom is -0.497 e. The fourth-order valence-electron chi connectivity index (χ4n) is 3.78. The first-order chi connectivity index (χ1) is 13.2. The number of aromatic nitrogens is 2. The van der Waals surface area contributed by atoms with Crippen LogP contribution >= 0.6 is 12.4 Å². The molecule has 2 aromatic carbocycles. The lowest BCUT2D eigenvalue weighted by atomic mass is 9.87. The normalized spacial score (nSPS) is 15.6. The lowest BCUT2D eigenvalue weighted by Gasteiger charge is -2.36. The van der Waals surface area contributed by atoms with Crippen molar-refractivity contribution in [3.63, 3.8) is 0 Å². The lowest BCUT2D eigenvalue weighted by Crippen LogP contribution is -2.54. The molecule has 2 N–H and O–H groups in total. The molecular weight excluding hydrogens is 376 g/mol. The van der Waals surface area contributed by atoms with Crippen molar-refractivity contribution in [2.45, 2.75) is 24.9 Å². The Morgan fingerprint density at radius 1 is 1.21 bits per heavy atom. The molecule has 28 heavy (non-hydrogen) atoms. The van der Waals surface area contributed by atoms with Crippen molar-refractivity contribution in [3.8, 4) is 5.75 Å². The molecule has 6 nitrogen and oxygen atoms in total. The minimum absolute atomic E-state index is 0. The molecule has 1 fully saturated rings. The highest BCUT2D eigenvalue weighted by atomic mass is 35.5. The first kappa shape index (κ1) is 20.2. The number of carbonyl (C=O) groups is 1. The number of benzene rings is 2. The summed E-state index contributed by atoms with van der Waals surface area (Å²) in [7, 11) is 1.67. The number of amides is 1. The van der Waals surface area contributed by atoms with Gasteiger partial charge in [0, 0.05) is 18.9 Å². The molecule has 148 valence electrons. The summed E-state index contributed by atoms with van der Waals surface area (Å²) < 4.78 is 7.09. The molecule has 1 amide bonds. The summed E-state index contributed by atoms with van der Waals surface area (Å²) >= 11 is 0. The van der Waals surface area contributed by atoms with Gasteiger partial charge in [0.05, 0.1) is 7.11 Å². The highest BCUT2D eigenvalue weighted by Gasteiger charge is 2.41. The monoisotopic (exact) mass is 400 g/mol. The Balaban J connectivity index is 0.00000225. The van der Waals surface area contributed by atoms with Crippen LogP contribution in [0.3, 0.4) is 0 Å². The van der Waals surface area contributed by atoms with Crippen molar-refractivity contribution in [2.24, 2.45) is 0 Å². The maximum absolute atomic E-state index is 13.1. The molecule has 1 aromatic heterocycles. The predicted molar refractivity (Wildman–Crippen MR) is 112 cm³/mol. The SMILES string of the molecule is COc1ccc2cc(CNC(=O)C3(n4cccn4)CCNCC3)ccc2c1.Cl. The number of hydrogen-bond acceptors (Lipinski definition) is 4. The maximum Gasteiger partial charge on any atom is 0.248 e. The molecule has 1 saturated heterocycles. The summed E-state index contributed by atoms with van der Waals surface area (Å²) in [4.78, 5) is 13.1. The molecule has 2 heterocycles. The minimum atomic E-state index is -0.612. The van der Waals surface area contributed by atoms with E-state index in [1.807, 2.05) is 41.2 Å². The van der Waals surface area contributed by atoms with Crippen LogP contribution in [0.25, 0.3) is 10.8 Å². The third-order valence-corrected chi connectivity index (χ3v) is 5.36. The van der Waals surface area contributed by atoms with Gasteiger partial charge in [0.1, 0.15) is 11.3 Å². The molecule has 7 heteroatoms. The number of fused-ring (bicyclic) bond motifs is 1. The van der Waals surface area contributed by atoms with Gasteiger partial charge in [-0.15, -0.1) is 12.4 Å². The molecule has 0 saturated carbocycles. The van der Waals surface area contributed by atoms with Crippen LogP contribution in [0.4, 0.5) is 0 Å². The van der Waals surface area contributed by atoms with E-state index in [1.54, 1.807) is 13.3 Å². The van der Waals surface area contributed by atoms with Crippen LogP contribution in [-0.4, -0.2) is 35.9 Å². The molecule has 0 bridgehead atoms. The zero-order valence-corrected chi connectivity index (χ0v) is 16.7. The topological polar surface area (TPSA) is 68.2 Å². The van der Waals surface area contributed by atoms with Gasteiger partial charge >= 0.3 is 0 Å².